The maximum atomic E-state index is 14.1. The second-order valence-corrected chi connectivity index (χ2v) is 8.37. The van der Waals surface area contributed by atoms with Crippen LogP contribution in [-0.2, 0) is 11.3 Å². The lowest BCUT2D eigenvalue weighted by Gasteiger charge is -2.36. The number of rotatable bonds is 8. The minimum Gasteiger partial charge on any atom is -0.493 e. The Morgan fingerprint density at radius 2 is 2.22 bits per heavy atom. The molecule has 1 aliphatic heterocycles. The number of carboxylic acids is 1. The molecule has 10 nitrogen and oxygen atoms in total. The smallest absolute Gasteiger partial charge is 0.315 e. The Morgan fingerprint density at radius 3 is 2.88 bits per heavy atom. The van der Waals surface area contributed by atoms with Gasteiger partial charge in [-0.1, -0.05) is 0 Å². The number of ether oxygens (including phenoxy) is 2. The number of carbonyl (C=O) groups is 1. The Hall–Kier alpha value is -3.63. The first kappa shape index (κ1) is 21.6. The highest BCUT2D eigenvalue weighted by Crippen LogP contribution is 2.49. The van der Waals surface area contributed by atoms with Gasteiger partial charge in [-0.25, -0.2) is 9.37 Å². The summed E-state index contributed by atoms with van der Waals surface area (Å²) in [6.45, 7) is 2.56. The molecule has 0 saturated heterocycles. The number of hydrogen-bond donors (Lipinski definition) is 2. The monoisotopic (exact) mass is 446 g/mol. The van der Waals surface area contributed by atoms with Crippen LogP contribution in [0.4, 0.5) is 21.7 Å². The fraction of sp³-hybridized carbons (Fsp3) is 0.429. The molecule has 170 valence electrons. The standard InChI is InChI=1S/C21H23FN4O6/c1-12-10-31-17-7-15(26(29)30)19(23)24-20(17)25(12)9-13-6-14(22)2-3-16(13)32-11-21(4-5-21)8-18(27)28/h2-3,6-7,12H,4-5,8-11H2,1H3,(H2,23,24)(H,27,28)/t12-/m1/s1. The van der Waals surface area contributed by atoms with Crippen LogP contribution in [0, 0.1) is 21.3 Å². The van der Waals surface area contributed by atoms with Crippen molar-refractivity contribution in [3.63, 3.8) is 0 Å². The molecule has 2 aliphatic rings. The summed E-state index contributed by atoms with van der Waals surface area (Å²) in [6.07, 6.45) is 1.57. The summed E-state index contributed by atoms with van der Waals surface area (Å²) in [6, 6.07) is 5.22. The number of anilines is 2. The van der Waals surface area contributed by atoms with E-state index in [0.717, 1.165) is 12.8 Å². The molecular weight excluding hydrogens is 423 g/mol. The molecule has 4 rings (SSSR count). The number of nitrogen functional groups attached to an aromatic ring is 1. The number of aliphatic carboxylic acids is 1. The first-order chi connectivity index (χ1) is 15.2. The molecule has 2 aromatic rings. The van der Waals surface area contributed by atoms with Crippen molar-refractivity contribution in [2.24, 2.45) is 5.41 Å². The predicted molar refractivity (Wildman–Crippen MR) is 112 cm³/mol. The number of benzene rings is 1. The molecular formula is C21H23FN4O6. The molecule has 0 spiro atoms. The van der Waals surface area contributed by atoms with Gasteiger partial charge in [-0.05, 0) is 38.0 Å². The molecule has 11 heteroatoms. The van der Waals surface area contributed by atoms with E-state index in [1.165, 1.54) is 24.3 Å². The molecule has 1 aliphatic carbocycles. The van der Waals surface area contributed by atoms with E-state index >= 15 is 0 Å². The van der Waals surface area contributed by atoms with Gasteiger partial charge in [0.25, 0.3) is 0 Å². The van der Waals surface area contributed by atoms with Gasteiger partial charge in [0.2, 0.25) is 5.82 Å². The fourth-order valence-corrected chi connectivity index (χ4v) is 3.78. The average Bonchev–Trinajstić information content (AvgIpc) is 3.48. The van der Waals surface area contributed by atoms with E-state index in [1.807, 2.05) is 11.8 Å². The van der Waals surface area contributed by atoms with Crippen molar-refractivity contribution in [2.75, 3.05) is 23.8 Å². The predicted octanol–water partition coefficient (Wildman–Crippen LogP) is 3.13. The van der Waals surface area contributed by atoms with Crippen molar-refractivity contribution in [1.29, 1.82) is 0 Å². The maximum Gasteiger partial charge on any atom is 0.315 e. The second-order valence-electron chi connectivity index (χ2n) is 8.37. The van der Waals surface area contributed by atoms with Gasteiger partial charge in [0.15, 0.2) is 11.6 Å². The summed E-state index contributed by atoms with van der Waals surface area (Å²) in [5.41, 5.74) is 5.58. The van der Waals surface area contributed by atoms with Crippen molar-refractivity contribution in [3.8, 4) is 11.5 Å². The van der Waals surface area contributed by atoms with Crippen LogP contribution < -0.4 is 20.1 Å². The van der Waals surface area contributed by atoms with Gasteiger partial charge < -0.3 is 25.2 Å². The Kier molecular flexibility index (Phi) is 5.49. The van der Waals surface area contributed by atoms with Crippen molar-refractivity contribution >= 4 is 23.3 Å². The minimum atomic E-state index is -0.873. The molecule has 0 unspecified atom stereocenters. The van der Waals surface area contributed by atoms with Crippen LogP contribution in [0.1, 0.15) is 31.7 Å². The number of nitro groups is 1. The highest BCUT2D eigenvalue weighted by molar-refractivity contribution is 5.68. The van der Waals surface area contributed by atoms with Crippen LogP contribution in [-0.4, -0.2) is 40.2 Å². The van der Waals surface area contributed by atoms with E-state index < -0.39 is 16.7 Å². The zero-order valence-corrected chi connectivity index (χ0v) is 17.4. The number of carboxylic acid groups (broad SMARTS) is 1. The van der Waals surface area contributed by atoms with Crippen molar-refractivity contribution < 1.29 is 28.7 Å². The third-order valence-corrected chi connectivity index (χ3v) is 5.84. The van der Waals surface area contributed by atoms with Crippen LogP contribution in [0.2, 0.25) is 0 Å². The van der Waals surface area contributed by atoms with Gasteiger partial charge >= 0.3 is 11.7 Å². The summed E-state index contributed by atoms with van der Waals surface area (Å²) < 4.78 is 25.6. The molecule has 1 aromatic heterocycles. The largest absolute Gasteiger partial charge is 0.493 e. The highest BCUT2D eigenvalue weighted by Gasteiger charge is 2.45. The first-order valence-corrected chi connectivity index (χ1v) is 10.1. The number of hydrogen-bond acceptors (Lipinski definition) is 8. The van der Waals surface area contributed by atoms with E-state index in [1.54, 1.807) is 0 Å². The third-order valence-electron chi connectivity index (χ3n) is 5.84. The van der Waals surface area contributed by atoms with E-state index in [4.69, 9.17) is 20.3 Å². The lowest BCUT2D eigenvalue weighted by molar-refractivity contribution is -0.384. The fourth-order valence-electron chi connectivity index (χ4n) is 3.78. The summed E-state index contributed by atoms with van der Waals surface area (Å²) in [4.78, 5) is 27.7. The van der Waals surface area contributed by atoms with Gasteiger partial charge in [-0.15, -0.1) is 0 Å². The first-order valence-electron chi connectivity index (χ1n) is 10.1. The summed E-state index contributed by atoms with van der Waals surface area (Å²) in [7, 11) is 0. The Morgan fingerprint density at radius 1 is 1.47 bits per heavy atom. The molecule has 0 amide bonds. The quantitative estimate of drug-likeness (QED) is 0.462. The van der Waals surface area contributed by atoms with Gasteiger partial charge in [-0.3, -0.25) is 14.9 Å². The normalized spacial score (nSPS) is 18.4. The summed E-state index contributed by atoms with van der Waals surface area (Å²) in [5.74, 6) is -0.569. The Labute approximate surface area is 182 Å². The molecule has 1 fully saturated rings. The minimum absolute atomic E-state index is 0.0272. The van der Waals surface area contributed by atoms with Crippen LogP contribution >= 0.6 is 0 Å². The number of fused-ring (bicyclic) bond motifs is 1. The van der Waals surface area contributed by atoms with Crippen LogP contribution in [0.5, 0.6) is 11.5 Å². The van der Waals surface area contributed by atoms with Gasteiger partial charge in [0.1, 0.15) is 18.2 Å². The lowest BCUT2D eigenvalue weighted by Crippen LogP contribution is -2.41. The number of nitrogens with zero attached hydrogens (tertiary/aromatic N) is 3. The average molecular weight is 446 g/mol. The van der Waals surface area contributed by atoms with Crippen molar-refractivity contribution in [1.82, 2.24) is 4.98 Å². The SMILES string of the molecule is C[C@@H]1COc2cc([N+](=O)[O-])c(N)nc2N1Cc1cc(F)ccc1OCC1(CC(=O)O)CC1. The lowest BCUT2D eigenvalue weighted by atomic mass is 10.0. The zero-order chi connectivity index (χ0) is 23.0. The summed E-state index contributed by atoms with van der Waals surface area (Å²) in [5, 5.41) is 20.3. The van der Waals surface area contributed by atoms with Crippen LogP contribution in [0.3, 0.4) is 0 Å². The number of halogens is 1. The van der Waals surface area contributed by atoms with E-state index in [-0.39, 0.29) is 54.9 Å². The van der Waals surface area contributed by atoms with E-state index in [9.17, 15) is 19.3 Å². The highest BCUT2D eigenvalue weighted by atomic mass is 19.1. The molecule has 0 bridgehead atoms. The third kappa shape index (κ3) is 4.36. The molecule has 1 atom stereocenters. The number of pyridine rings is 1. The molecule has 1 saturated carbocycles. The second kappa shape index (κ2) is 8.13. The van der Waals surface area contributed by atoms with Gasteiger partial charge in [0.05, 0.1) is 30.1 Å². The topological polar surface area (TPSA) is 141 Å². The van der Waals surface area contributed by atoms with E-state index in [2.05, 4.69) is 4.98 Å². The molecule has 1 aromatic carbocycles. The van der Waals surface area contributed by atoms with Crippen molar-refractivity contribution in [2.45, 2.75) is 38.8 Å². The summed E-state index contributed by atoms with van der Waals surface area (Å²) >= 11 is 0. The van der Waals surface area contributed by atoms with Crippen molar-refractivity contribution in [3.05, 3.63) is 45.8 Å². The van der Waals surface area contributed by atoms with E-state index in [0.29, 0.717) is 17.1 Å². The Balaban J connectivity index is 1.60. The number of nitrogens with two attached hydrogens (primary N) is 1. The molecule has 0 radical (unpaired) electrons. The van der Waals surface area contributed by atoms with Gasteiger partial charge in [0, 0.05) is 17.5 Å². The maximum absolute atomic E-state index is 14.1. The van der Waals surface area contributed by atoms with Gasteiger partial charge in [-0.2, -0.15) is 0 Å². The zero-order valence-electron chi connectivity index (χ0n) is 17.4. The Bertz CT molecular complexity index is 1070. The molecule has 2 heterocycles. The molecule has 3 N–H and O–H groups in total. The molecule has 32 heavy (non-hydrogen) atoms. The number of aromatic nitrogens is 1. The van der Waals surface area contributed by atoms with Crippen LogP contribution in [0.15, 0.2) is 24.3 Å². The van der Waals surface area contributed by atoms with Crippen LogP contribution in [0.25, 0.3) is 0 Å².